The van der Waals surface area contributed by atoms with Gasteiger partial charge in [-0.2, -0.15) is 0 Å². The molecule has 0 heterocycles. The molecule has 470 valence electrons. The first-order valence-corrected chi connectivity index (χ1v) is 34.3. The van der Waals surface area contributed by atoms with E-state index in [1.54, 1.807) is 0 Å². The molecular formula is C77H126O6. The summed E-state index contributed by atoms with van der Waals surface area (Å²) in [7, 11) is 0. The summed E-state index contributed by atoms with van der Waals surface area (Å²) < 4.78 is 17.0. The fraction of sp³-hybridized carbons (Fsp3) is 0.649. The van der Waals surface area contributed by atoms with Crippen molar-refractivity contribution in [3.8, 4) is 0 Å². The second kappa shape index (κ2) is 69.8. The number of hydrogen-bond acceptors (Lipinski definition) is 6. The monoisotopic (exact) mass is 1150 g/mol. The molecule has 1 atom stereocenters. The van der Waals surface area contributed by atoms with Crippen LogP contribution in [-0.4, -0.2) is 37.2 Å². The van der Waals surface area contributed by atoms with Crippen LogP contribution >= 0.6 is 0 Å². The average molecular weight is 1150 g/mol. The van der Waals surface area contributed by atoms with Gasteiger partial charge in [0.1, 0.15) is 13.2 Å². The van der Waals surface area contributed by atoms with Gasteiger partial charge in [0.2, 0.25) is 0 Å². The Morgan fingerprint density at radius 2 is 0.434 bits per heavy atom. The molecule has 0 spiro atoms. The van der Waals surface area contributed by atoms with Gasteiger partial charge in [0.05, 0.1) is 0 Å². The predicted molar refractivity (Wildman–Crippen MR) is 362 cm³/mol. The number of rotatable bonds is 61. The van der Waals surface area contributed by atoms with Gasteiger partial charge < -0.3 is 14.2 Å². The lowest BCUT2D eigenvalue weighted by molar-refractivity contribution is -0.167. The molecule has 0 amide bonds. The van der Waals surface area contributed by atoms with Gasteiger partial charge >= 0.3 is 17.9 Å². The smallest absolute Gasteiger partial charge is 0.306 e. The fourth-order valence-corrected chi connectivity index (χ4v) is 9.30. The molecule has 1 unspecified atom stereocenters. The normalized spacial score (nSPS) is 13.0. The lowest BCUT2D eigenvalue weighted by Gasteiger charge is -2.18. The largest absolute Gasteiger partial charge is 0.462 e. The van der Waals surface area contributed by atoms with Crippen LogP contribution in [0.15, 0.2) is 146 Å². The third kappa shape index (κ3) is 68.0. The Labute approximate surface area is 512 Å². The Hall–Kier alpha value is -4.71. The van der Waals surface area contributed by atoms with Crippen LogP contribution in [0.25, 0.3) is 0 Å². The van der Waals surface area contributed by atoms with E-state index in [1.807, 2.05) is 0 Å². The van der Waals surface area contributed by atoms with Crippen molar-refractivity contribution < 1.29 is 28.6 Å². The zero-order valence-electron chi connectivity index (χ0n) is 53.9. The van der Waals surface area contributed by atoms with E-state index in [4.69, 9.17) is 14.2 Å². The molecular weight excluding hydrogens is 1020 g/mol. The van der Waals surface area contributed by atoms with Gasteiger partial charge in [-0.3, -0.25) is 14.4 Å². The topological polar surface area (TPSA) is 78.9 Å². The highest BCUT2D eigenvalue weighted by Gasteiger charge is 2.19. The minimum atomic E-state index is -0.797. The summed E-state index contributed by atoms with van der Waals surface area (Å²) in [4.78, 5) is 38.5. The van der Waals surface area contributed by atoms with Gasteiger partial charge in [-0.05, 0) is 135 Å². The number of unbranched alkanes of at least 4 members (excludes halogenated alkanes) is 26. The SMILES string of the molecule is CC/C=C\C/C=C\C/C=C\C/C=C\CCCCCCCCCCCCC(=O)OCC(COC(=O)CCCCCCCC/C=C\C/C=C\C/C=C\C/C=C\CC)OC(=O)CCCCCCCCCCCC/C=C\C/C=C\C/C=C\C/C=C\CC. The molecule has 6 heteroatoms. The van der Waals surface area contributed by atoms with E-state index >= 15 is 0 Å². The maximum Gasteiger partial charge on any atom is 0.306 e. The highest BCUT2D eigenvalue weighted by Crippen LogP contribution is 2.16. The molecule has 0 saturated carbocycles. The van der Waals surface area contributed by atoms with Crippen molar-refractivity contribution in [2.24, 2.45) is 0 Å². The Bertz CT molecular complexity index is 1800. The molecule has 6 nitrogen and oxygen atoms in total. The van der Waals surface area contributed by atoms with E-state index in [-0.39, 0.29) is 31.1 Å². The molecule has 0 rings (SSSR count). The van der Waals surface area contributed by atoms with Crippen LogP contribution in [-0.2, 0) is 28.6 Å². The van der Waals surface area contributed by atoms with Crippen molar-refractivity contribution in [2.75, 3.05) is 13.2 Å². The van der Waals surface area contributed by atoms with Gasteiger partial charge in [0.15, 0.2) is 6.10 Å². The van der Waals surface area contributed by atoms with Crippen molar-refractivity contribution in [3.05, 3.63) is 146 Å². The first-order valence-electron chi connectivity index (χ1n) is 34.3. The molecule has 0 aliphatic rings. The average Bonchev–Trinajstić information content (AvgIpc) is 3.49. The molecule has 0 saturated heterocycles. The molecule has 0 radical (unpaired) electrons. The molecule has 83 heavy (non-hydrogen) atoms. The summed E-state index contributed by atoms with van der Waals surface area (Å²) in [5.74, 6) is -0.907. The molecule has 0 aliphatic heterocycles. The molecule has 0 aliphatic carbocycles. The Morgan fingerprint density at radius 3 is 0.675 bits per heavy atom. The van der Waals surface area contributed by atoms with Crippen LogP contribution in [0.1, 0.15) is 303 Å². The lowest BCUT2D eigenvalue weighted by atomic mass is 10.0. The summed E-state index contributed by atoms with van der Waals surface area (Å²) in [6.07, 6.45) is 99.9. The lowest BCUT2D eigenvalue weighted by Crippen LogP contribution is -2.30. The summed E-state index contributed by atoms with van der Waals surface area (Å²) in [6, 6.07) is 0. The Kier molecular flexibility index (Phi) is 65.8. The van der Waals surface area contributed by atoms with E-state index in [0.717, 1.165) is 148 Å². The summed E-state index contributed by atoms with van der Waals surface area (Å²) >= 11 is 0. The van der Waals surface area contributed by atoms with Crippen LogP contribution in [0.4, 0.5) is 0 Å². The van der Waals surface area contributed by atoms with E-state index in [2.05, 4.69) is 167 Å². The maximum absolute atomic E-state index is 13.0. The van der Waals surface area contributed by atoms with Gasteiger partial charge in [-0.15, -0.1) is 0 Å². The van der Waals surface area contributed by atoms with Crippen molar-refractivity contribution in [3.63, 3.8) is 0 Å². The molecule has 0 aromatic rings. The zero-order valence-corrected chi connectivity index (χ0v) is 53.9. The van der Waals surface area contributed by atoms with Gasteiger partial charge in [0, 0.05) is 19.3 Å². The number of hydrogen-bond donors (Lipinski definition) is 0. The minimum Gasteiger partial charge on any atom is -0.462 e. The van der Waals surface area contributed by atoms with Crippen LogP contribution in [0, 0.1) is 0 Å². The second-order valence-corrected chi connectivity index (χ2v) is 22.3. The molecule has 0 fully saturated rings. The van der Waals surface area contributed by atoms with Crippen LogP contribution in [0.3, 0.4) is 0 Å². The van der Waals surface area contributed by atoms with Gasteiger partial charge in [0.25, 0.3) is 0 Å². The standard InChI is InChI=1S/C77H126O6/c1-4-7-10-13-16-19-22-25-28-31-34-36-38-40-43-46-49-52-55-58-61-64-67-70-76(79)82-73-74(72-81-75(78)69-66-63-60-57-54-51-48-45-42-33-30-27-24-21-18-15-12-9-6-3)83-77(80)71-68-65-62-59-56-53-50-47-44-41-39-37-35-32-29-26-23-20-17-14-11-8-5-2/h7-12,16-21,25-30,34-37,42,45,74H,4-6,13-15,22-24,31-33,38-41,43-44,46-73H2,1-3H3/b10-7-,11-8-,12-9-,19-16-,20-17-,21-18-,28-25-,29-26-,30-27-,36-34-,37-35-,45-42-. The molecule has 0 aromatic carbocycles. The fourth-order valence-electron chi connectivity index (χ4n) is 9.30. The third-order valence-corrected chi connectivity index (χ3v) is 14.3. The molecule has 0 aromatic heterocycles. The van der Waals surface area contributed by atoms with E-state index < -0.39 is 6.10 Å². The summed E-state index contributed by atoms with van der Waals surface area (Å²) in [6.45, 7) is 6.31. The van der Waals surface area contributed by atoms with Crippen LogP contribution < -0.4 is 0 Å². The highest BCUT2D eigenvalue weighted by atomic mass is 16.6. The van der Waals surface area contributed by atoms with Crippen molar-refractivity contribution in [1.82, 2.24) is 0 Å². The van der Waals surface area contributed by atoms with Gasteiger partial charge in [-0.25, -0.2) is 0 Å². The highest BCUT2D eigenvalue weighted by molar-refractivity contribution is 5.71. The predicted octanol–water partition coefficient (Wildman–Crippen LogP) is 23.9. The quantitative estimate of drug-likeness (QED) is 0.0261. The van der Waals surface area contributed by atoms with Crippen LogP contribution in [0.5, 0.6) is 0 Å². The number of allylic oxidation sites excluding steroid dienone is 24. The Morgan fingerprint density at radius 1 is 0.241 bits per heavy atom. The van der Waals surface area contributed by atoms with E-state index in [0.29, 0.717) is 19.3 Å². The van der Waals surface area contributed by atoms with Crippen molar-refractivity contribution in [1.29, 1.82) is 0 Å². The molecule has 0 bridgehead atoms. The van der Waals surface area contributed by atoms with Crippen molar-refractivity contribution in [2.45, 2.75) is 309 Å². The number of carbonyl (C=O) groups excluding carboxylic acids is 3. The zero-order chi connectivity index (χ0) is 59.9. The summed E-state index contributed by atoms with van der Waals surface area (Å²) in [5, 5.41) is 0. The first kappa shape index (κ1) is 78.3. The van der Waals surface area contributed by atoms with Crippen LogP contribution in [0.2, 0.25) is 0 Å². The maximum atomic E-state index is 13.0. The third-order valence-electron chi connectivity index (χ3n) is 14.3. The van der Waals surface area contributed by atoms with E-state index in [1.165, 1.54) is 116 Å². The number of esters is 3. The molecule has 0 N–H and O–H groups in total. The second-order valence-electron chi connectivity index (χ2n) is 22.3. The number of carbonyl (C=O) groups is 3. The first-order chi connectivity index (χ1) is 41.0. The minimum absolute atomic E-state index is 0.0906. The van der Waals surface area contributed by atoms with E-state index in [9.17, 15) is 14.4 Å². The van der Waals surface area contributed by atoms with Crippen molar-refractivity contribution >= 4 is 17.9 Å². The summed E-state index contributed by atoms with van der Waals surface area (Å²) in [5.41, 5.74) is 0. The number of ether oxygens (including phenoxy) is 3. The van der Waals surface area contributed by atoms with Gasteiger partial charge in [-0.1, -0.05) is 295 Å². The Balaban J connectivity index is 4.43.